The van der Waals surface area contributed by atoms with Gasteiger partial charge in [-0.25, -0.2) is 0 Å². The minimum Gasteiger partial charge on any atom is -0.340 e. The van der Waals surface area contributed by atoms with E-state index in [1.54, 1.807) is 23.6 Å². The first-order valence-corrected chi connectivity index (χ1v) is 8.91. The van der Waals surface area contributed by atoms with E-state index < -0.39 is 6.04 Å². The normalized spacial score (nSPS) is 18.8. The average Bonchev–Trinajstić information content (AvgIpc) is 3.25. The van der Waals surface area contributed by atoms with Gasteiger partial charge in [0.2, 0.25) is 5.91 Å². The van der Waals surface area contributed by atoms with Gasteiger partial charge in [0, 0.05) is 32.1 Å². The Bertz CT molecular complexity index is 740. The standard InChI is InChI=1S/C16H23N5O2S/c1-9-12-7-13(24-16(12)21(4)19-9)14(22)18-10(2)15(23)20(3)11-5-6-17-8-11/h7,10-11,17H,5-6,8H2,1-4H3,(H,18,22). The largest absolute Gasteiger partial charge is 0.340 e. The van der Waals surface area contributed by atoms with E-state index in [2.05, 4.69) is 15.7 Å². The highest BCUT2D eigenvalue weighted by molar-refractivity contribution is 7.20. The van der Waals surface area contributed by atoms with Crippen molar-refractivity contribution in [2.75, 3.05) is 20.1 Å². The van der Waals surface area contributed by atoms with Gasteiger partial charge in [0.25, 0.3) is 5.91 Å². The topological polar surface area (TPSA) is 79.3 Å². The van der Waals surface area contributed by atoms with Crippen molar-refractivity contribution in [2.24, 2.45) is 7.05 Å². The molecule has 2 aromatic rings. The Morgan fingerprint density at radius 1 is 1.54 bits per heavy atom. The van der Waals surface area contributed by atoms with Crippen molar-refractivity contribution >= 4 is 33.4 Å². The molecule has 2 unspecified atom stereocenters. The van der Waals surface area contributed by atoms with Gasteiger partial charge in [-0.05, 0) is 32.9 Å². The van der Waals surface area contributed by atoms with Crippen LogP contribution in [0.3, 0.4) is 0 Å². The van der Waals surface area contributed by atoms with Crippen molar-refractivity contribution in [3.05, 3.63) is 16.6 Å². The van der Waals surface area contributed by atoms with E-state index in [4.69, 9.17) is 0 Å². The smallest absolute Gasteiger partial charge is 0.262 e. The summed E-state index contributed by atoms with van der Waals surface area (Å²) in [5.74, 6) is -0.273. The van der Waals surface area contributed by atoms with E-state index in [0.717, 1.165) is 35.4 Å². The molecule has 0 aromatic carbocycles. The number of hydrogen-bond acceptors (Lipinski definition) is 5. The lowest BCUT2D eigenvalue weighted by atomic mass is 10.2. The van der Waals surface area contributed by atoms with Crippen LogP contribution < -0.4 is 10.6 Å². The summed E-state index contributed by atoms with van der Waals surface area (Å²) >= 11 is 1.39. The summed E-state index contributed by atoms with van der Waals surface area (Å²) in [7, 11) is 3.67. The summed E-state index contributed by atoms with van der Waals surface area (Å²) in [6, 6.07) is 1.50. The molecule has 2 aromatic heterocycles. The highest BCUT2D eigenvalue weighted by Crippen LogP contribution is 2.27. The van der Waals surface area contributed by atoms with Crippen LogP contribution in [0.4, 0.5) is 0 Å². The van der Waals surface area contributed by atoms with E-state index in [0.29, 0.717) is 4.88 Å². The maximum Gasteiger partial charge on any atom is 0.262 e. The monoisotopic (exact) mass is 349 g/mol. The number of fused-ring (bicyclic) bond motifs is 1. The molecule has 0 bridgehead atoms. The zero-order chi connectivity index (χ0) is 17.4. The van der Waals surface area contributed by atoms with E-state index in [-0.39, 0.29) is 17.9 Å². The van der Waals surface area contributed by atoms with Crippen LogP contribution in [-0.2, 0) is 11.8 Å². The maximum atomic E-state index is 12.5. The van der Waals surface area contributed by atoms with Gasteiger partial charge in [0.1, 0.15) is 10.9 Å². The average molecular weight is 349 g/mol. The molecule has 0 saturated carbocycles. The summed E-state index contributed by atoms with van der Waals surface area (Å²) in [6.07, 6.45) is 0.950. The molecule has 7 nitrogen and oxygen atoms in total. The van der Waals surface area contributed by atoms with E-state index in [9.17, 15) is 9.59 Å². The molecule has 3 rings (SSSR count). The quantitative estimate of drug-likeness (QED) is 0.859. The third kappa shape index (κ3) is 3.03. The maximum absolute atomic E-state index is 12.5. The van der Waals surface area contributed by atoms with Crippen molar-refractivity contribution in [3.63, 3.8) is 0 Å². The molecular formula is C16H23N5O2S. The number of carbonyl (C=O) groups excluding carboxylic acids is 2. The van der Waals surface area contributed by atoms with Gasteiger partial charge in [-0.15, -0.1) is 11.3 Å². The second-order valence-corrected chi connectivity index (χ2v) is 7.36. The van der Waals surface area contributed by atoms with Gasteiger partial charge >= 0.3 is 0 Å². The Labute approximate surface area is 145 Å². The lowest BCUT2D eigenvalue weighted by molar-refractivity contribution is -0.133. The SMILES string of the molecule is Cc1nn(C)c2sc(C(=O)NC(C)C(=O)N(C)C3CCNC3)cc12. The fourth-order valence-electron chi connectivity index (χ4n) is 3.10. The predicted molar refractivity (Wildman–Crippen MR) is 94.3 cm³/mol. The van der Waals surface area contributed by atoms with Gasteiger partial charge < -0.3 is 15.5 Å². The molecule has 2 N–H and O–H groups in total. The lowest BCUT2D eigenvalue weighted by Crippen LogP contribution is -2.49. The number of aromatic nitrogens is 2. The zero-order valence-electron chi connectivity index (χ0n) is 14.4. The fraction of sp³-hybridized carbons (Fsp3) is 0.562. The van der Waals surface area contributed by atoms with E-state index in [1.807, 2.05) is 20.0 Å². The second kappa shape index (κ2) is 6.52. The number of amides is 2. The van der Waals surface area contributed by atoms with Crippen LogP contribution in [0.2, 0.25) is 0 Å². The van der Waals surface area contributed by atoms with Crippen molar-refractivity contribution in [1.29, 1.82) is 0 Å². The Balaban J connectivity index is 1.68. The van der Waals surface area contributed by atoms with E-state index in [1.165, 1.54) is 11.3 Å². The zero-order valence-corrected chi connectivity index (χ0v) is 15.2. The Morgan fingerprint density at radius 2 is 2.29 bits per heavy atom. The molecular weight excluding hydrogens is 326 g/mol. The third-order valence-corrected chi connectivity index (χ3v) is 5.77. The molecule has 8 heteroatoms. The lowest BCUT2D eigenvalue weighted by Gasteiger charge is -2.27. The van der Waals surface area contributed by atoms with Crippen LogP contribution in [0.5, 0.6) is 0 Å². The van der Waals surface area contributed by atoms with Crippen molar-refractivity contribution < 1.29 is 9.59 Å². The molecule has 0 radical (unpaired) electrons. The first-order valence-electron chi connectivity index (χ1n) is 8.10. The van der Waals surface area contributed by atoms with Crippen molar-refractivity contribution in [3.8, 4) is 0 Å². The molecule has 1 aliphatic rings. The Hall–Kier alpha value is -1.93. The molecule has 1 aliphatic heterocycles. The van der Waals surface area contributed by atoms with Crippen LogP contribution >= 0.6 is 11.3 Å². The summed E-state index contributed by atoms with van der Waals surface area (Å²) in [4.78, 5) is 28.3. The molecule has 0 spiro atoms. The number of hydrogen-bond donors (Lipinski definition) is 2. The number of aryl methyl sites for hydroxylation is 2. The highest BCUT2D eigenvalue weighted by Gasteiger charge is 2.28. The highest BCUT2D eigenvalue weighted by atomic mass is 32.1. The summed E-state index contributed by atoms with van der Waals surface area (Å²) in [5, 5.41) is 11.4. The minimum absolute atomic E-state index is 0.0593. The van der Waals surface area contributed by atoms with Crippen LogP contribution in [0.25, 0.3) is 10.2 Å². The number of thiophene rings is 1. The third-order valence-electron chi connectivity index (χ3n) is 4.57. The Morgan fingerprint density at radius 3 is 2.92 bits per heavy atom. The summed E-state index contributed by atoms with van der Waals surface area (Å²) in [6.45, 7) is 5.40. The van der Waals surface area contributed by atoms with Gasteiger partial charge in [-0.1, -0.05) is 0 Å². The number of nitrogens with one attached hydrogen (secondary N) is 2. The fourth-order valence-corrected chi connectivity index (χ4v) is 4.13. The van der Waals surface area contributed by atoms with Crippen LogP contribution in [-0.4, -0.2) is 58.7 Å². The van der Waals surface area contributed by atoms with Gasteiger partial charge in [0.05, 0.1) is 10.6 Å². The van der Waals surface area contributed by atoms with E-state index >= 15 is 0 Å². The van der Waals surface area contributed by atoms with Gasteiger partial charge in [-0.2, -0.15) is 5.10 Å². The molecule has 3 heterocycles. The number of carbonyl (C=O) groups is 2. The molecule has 2 atom stereocenters. The Kier molecular flexibility index (Phi) is 4.60. The molecule has 24 heavy (non-hydrogen) atoms. The number of rotatable bonds is 4. The molecule has 1 saturated heterocycles. The molecule has 0 aliphatic carbocycles. The van der Waals surface area contributed by atoms with Gasteiger partial charge in [-0.3, -0.25) is 14.3 Å². The molecule has 1 fully saturated rings. The van der Waals surface area contributed by atoms with Crippen LogP contribution in [0, 0.1) is 6.92 Å². The minimum atomic E-state index is -0.549. The predicted octanol–water partition coefficient (Wildman–Crippen LogP) is 0.882. The first kappa shape index (κ1) is 16.9. The van der Waals surface area contributed by atoms with Crippen molar-refractivity contribution in [1.82, 2.24) is 25.3 Å². The van der Waals surface area contributed by atoms with Crippen LogP contribution in [0.15, 0.2) is 6.07 Å². The van der Waals surface area contributed by atoms with Crippen LogP contribution in [0.1, 0.15) is 28.7 Å². The molecule has 130 valence electrons. The molecule has 2 amide bonds. The second-order valence-electron chi connectivity index (χ2n) is 6.33. The van der Waals surface area contributed by atoms with Crippen molar-refractivity contribution in [2.45, 2.75) is 32.4 Å². The summed E-state index contributed by atoms with van der Waals surface area (Å²) < 4.78 is 1.78. The summed E-state index contributed by atoms with van der Waals surface area (Å²) in [5.41, 5.74) is 0.903. The first-order chi connectivity index (χ1) is 11.4. The van der Waals surface area contributed by atoms with Gasteiger partial charge in [0.15, 0.2) is 0 Å². The number of likely N-dealkylation sites (N-methyl/N-ethyl adjacent to an activating group) is 1. The number of nitrogens with zero attached hydrogens (tertiary/aromatic N) is 3.